The molecule has 3 aromatic carbocycles. The third-order valence-corrected chi connectivity index (χ3v) is 10.9. The maximum Gasteiger partial charge on any atom is 0.283 e. The number of fused-ring (bicyclic) bond motifs is 3. The van der Waals surface area contributed by atoms with Crippen molar-refractivity contribution in [3.05, 3.63) is 86.8 Å². The zero-order valence-electron chi connectivity index (χ0n) is 21.4. The Morgan fingerprint density at radius 2 is 1.73 bits per heavy atom. The number of amides is 2. The first kappa shape index (κ1) is 26.1. The Hall–Kier alpha value is -3.80. The first-order valence-corrected chi connectivity index (χ1v) is 15.6. The molecular formula is C30H21N3O5S3. The second-order valence-electron chi connectivity index (χ2n) is 10.2. The van der Waals surface area contributed by atoms with E-state index in [1.807, 2.05) is 24.3 Å². The Morgan fingerprint density at radius 3 is 2.46 bits per heavy atom. The molecule has 11 heteroatoms. The van der Waals surface area contributed by atoms with Gasteiger partial charge in [-0.05, 0) is 60.9 Å². The van der Waals surface area contributed by atoms with Crippen LogP contribution in [0.2, 0.25) is 0 Å². The molecule has 0 radical (unpaired) electrons. The number of carbonyl (C=O) groups excluding carboxylic acids is 3. The van der Waals surface area contributed by atoms with Gasteiger partial charge in [-0.3, -0.25) is 29.4 Å². The fourth-order valence-corrected chi connectivity index (χ4v) is 8.92. The number of aromatic nitrogens is 1. The van der Waals surface area contributed by atoms with Crippen LogP contribution < -0.4 is 4.90 Å². The van der Waals surface area contributed by atoms with Crippen LogP contribution in [0.15, 0.2) is 79.7 Å². The van der Waals surface area contributed by atoms with Crippen molar-refractivity contribution >= 4 is 80.1 Å². The summed E-state index contributed by atoms with van der Waals surface area (Å²) in [4.78, 5) is 58.2. The molecule has 4 aromatic rings. The summed E-state index contributed by atoms with van der Waals surface area (Å²) in [6.45, 7) is 0. The molecule has 0 bridgehead atoms. The molecular weight excluding hydrogens is 579 g/mol. The standard InChI is InChI=1S/C30H21N3O5S3/c34-27-20-7-3-4-8-23(20)39-26(27)14-16-9-12-24(22(13-16)33(37)38)40-30-31-21-11-10-17(15-25(21)41-30)32-28(35)18-5-1-2-6-19(18)29(32)36/h3-4,7-15,18-19H,1-2,5-6H2/b26-14-/t18-,19+. The van der Waals surface area contributed by atoms with E-state index in [1.54, 1.807) is 36.4 Å². The minimum absolute atomic E-state index is 0.0758. The average molecular weight is 600 g/mol. The molecule has 1 aliphatic carbocycles. The third-order valence-electron chi connectivity index (χ3n) is 7.70. The highest BCUT2D eigenvalue weighted by Gasteiger charge is 2.48. The van der Waals surface area contributed by atoms with Crippen molar-refractivity contribution in [2.75, 3.05) is 4.90 Å². The van der Waals surface area contributed by atoms with Crippen LogP contribution >= 0.6 is 34.9 Å². The van der Waals surface area contributed by atoms with E-state index >= 15 is 0 Å². The molecule has 2 amide bonds. The number of nitro benzene ring substituents is 1. The second kappa shape index (κ2) is 10.2. The average Bonchev–Trinajstić information content (AvgIpc) is 3.60. The van der Waals surface area contributed by atoms with Crippen molar-refractivity contribution in [1.29, 1.82) is 0 Å². The number of hydrogen-bond donors (Lipinski definition) is 0. The largest absolute Gasteiger partial charge is 0.288 e. The van der Waals surface area contributed by atoms with Gasteiger partial charge in [0.25, 0.3) is 5.69 Å². The fraction of sp³-hybridized carbons (Fsp3) is 0.200. The zero-order chi connectivity index (χ0) is 28.2. The smallest absolute Gasteiger partial charge is 0.283 e. The van der Waals surface area contributed by atoms with E-state index in [9.17, 15) is 24.5 Å². The molecule has 2 atom stereocenters. The predicted molar refractivity (Wildman–Crippen MR) is 159 cm³/mol. The normalized spacial score (nSPS) is 21.1. The van der Waals surface area contributed by atoms with Gasteiger partial charge in [0.1, 0.15) is 0 Å². The third kappa shape index (κ3) is 4.58. The molecule has 2 aliphatic heterocycles. The van der Waals surface area contributed by atoms with Gasteiger partial charge in [0.05, 0.1) is 42.5 Å². The fourth-order valence-electron chi connectivity index (χ4n) is 5.73. The lowest BCUT2D eigenvalue weighted by Gasteiger charge is -2.19. The molecule has 1 saturated carbocycles. The van der Waals surface area contributed by atoms with Gasteiger partial charge in [-0.2, -0.15) is 0 Å². The Bertz CT molecular complexity index is 1810. The van der Waals surface area contributed by atoms with Gasteiger partial charge in [-0.1, -0.05) is 54.6 Å². The predicted octanol–water partition coefficient (Wildman–Crippen LogP) is 7.36. The van der Waals surface area contributed by atoms with Gasteiger partial charge in [0.2, 0.25) is 17.6 Å². The van der Waals surface area contributed by atoms with Gasteiger partial charge in [-0.15, -0.1) is 11.3 Å². The summed E-state index contributed by atoms with van der Waals surface area (Å²) in [5.74, 6) is -0.772. The summed E-state index contributed by atoms with van der Waals surface area (Å²) in [6.07, 6.45) is 5.14. The minimum Gasteiger partial charge on any atom is -0.288 e. The van der Waals surface area contributed by atoms with Gasteiger partial charge in [-0.25, -0.2) is 4.98 Å². The van der Waals surface area contributed by atoms with E-state index in [4.69, 9.17) is 0 Å². The number of carbonyl (C=O) groups is 3. The van der Waals surface area contributed by atoms with E-state index in [-0.39, 0.29) is 35.1 Å². The first-order chi connectivity index (χ1) is 19.9. The summed E-state index contributed by atoms with van der Waals surface area (Å²) in [6, 6.07) is 17.6. The van der Waals surface area contributed by atoms with Crippen LogP contribution in [0.4, 0.5) is 11.4 Å². The van der Waals surface area contributed by atoms with Gasteiger partial charge < -0.3 is 0 Å². The summed E-state index contributed by atoms with van der Waals surface area (Å²) in [7, 11) is 0. The SMILES string of the molecule is O=C1/C(=C/c2ccc(Sc3nc4ccc(N5C(=O)[C@H]6CCCC[C@H]6C5=O)cc4s3)c([N+](=O)[O-])c2)Sc2ccccc21. The first-order valence-electron chi connectivity index (χ1n) is 13.2. The number of allylic oxidation sites excluding steroid dienone is 1. The Balaban J connectivity index is 1.15. The van der Waals surface area contributed by atoms with Crippen molar-refractivity contribution in [3.8, 4) is 0 Å². The van der Waals surface area contributed by atoms with E-state index < -0.39 is 4.92 Å². The topological polar surface area (TPSA) is 110 Å². The van der Waals surface area contributed by atoms with E-state index in [2.05, 4.69) is 4.98 Å². The number of rotatable bonds is 5. The van der Waals surface area contributed by atoms with Crippen LogP contribution in [0.1, 0.15) is 41.6 Å². The number of ketones is 1. The molecule has 3 heterocycles. The minimum atomic E-state index is -0.432. The molecule has 1 aromatic heterocycles. The van der Waals surface area contributed by atoms with Gasteiger partial charge in [0, 0.05) is 16.5 Å². The van der Waals surface area contributed by atoms with Crippen molar-refractivity contribution in [1.82, 2.24) is 4.98 Å². The molecule has 3 aliphatic rings. The van der Waals surface area contributed by atoms with Crippen molar-refractivity contribution in [2.45, 2.75) is 39.8 Å². The Kier molecular flexibility index (Phi) is 6.52. The highest BCUT2D eigenvalue weighted by molar-refractivity contribution is 8.05. The zero-order valence-corrected chi connectivity index (χ0v) is 23.9. The number of nitro groups is 1. The van der Waals surface area contributed by atoms with Gasteiger partial charge >= 0.3 is 0 Å². The second-order valence-corrected chi connectivity index (χ2v) is 13.6. The molecule has 0 N–H and O–H groups in total. The Labute approximate surface area is 247 Å². The lowest BCUT2D eigenvalue weighted by Crippen LogP contribution is -2.30. The molecule has 1 saturated heterocycles. The Morgan fingerprint density at radius 1 is 0.976 bits per heavy atom. The molecule has 0 spiro atoms. The maximum atomic E-state index is 13.0. The molecule has 2 fully saturated rings. The summed E-state index contributed by atoms with van der Waals surface area (Å²) in [5.41, 5.74) is 2.37. The maximum absolute atomic E-state index is 13.0. The number of anilines is 1. The van der Waals surface area contributed by atoms with E-state index in [0.29, 0.717) is 36.5 Å². The lowest BCUT2D eigenvalue weighted by atomic mass is 9.81. The quantitative estimate of drug-likeness (QED) is 0.101. The van der Waals surface area contributed by atoms with Crippen LogP contribution in [0, 0.1) is 22.0 Å². The summed E-state index contributed by atoms with van der Waals surface area (Å²) >= 11 is 3.91. The molecule has 7 rings (SSSR count). The number of Topliss-reactive ketones (excluding diaryl/α,β-unsaturated/α-hetero) is 1. The molecule has 204 valence electrons. The number of thioether (sulfide) groups is 1. The molecule has 8 nitrogen and oxygen atoms in total. The summed E-state index contributed by atoms with van der Waals surface area (Å²) < 4.78 is 1.40. The number of thiazole rings is 1. The van der Waals surface area contributed by atoms with Crippen LogP contribution in [-0.2, 0) is 9.59 Å². The summed E-state index contributed by atoms with van der Waals surface area (Å²) in [5, 5.41) is 12.0. The van der Waals surface area contributed by atoms with E-state index in [0.717, 1.165) is 35.3 Å². The van der Waals surface area contributed by atoms with Crippen LogP contribution in [0.5, 0.6) is 0 Å². The highest BCUT2D eigenvalue weighted by Crippen LogP contribution is 2.44. The molecule has 0 unspecified atom stereocenters. The lowest BCUT2D eigenvalue weighted by molar-refractivity contribution is -0.387. The number of benzene rings is 3. The van der Waals surface area contributed by atoms with Crippen LogP contribution in [0.25, 0.3) is 16.3 Å². The number of imide groups is 1. The van der Waals surface area contributed by atoms with Crippen LogP contribution in [-0.4, -0.2) is 27.5 Å². The van der Waals surface area contributed by atoms with Crippen molar-refractivity contribution in [2.24, 2.45) is 11.8 Å². The monoisotopic (exact) mass is 599 g/mol. The molecule has 41 heavy (non-hydrogen) atoms. The highest BCUT2D eigenvalue weighted by atomic mass is 32.2. The van der Waals surface area contributed by atoms with E-state index in [1.165, 1.54) is 45.8 Å². The number of hydrogen-bond acceptors (Lipinski definition) is 9. The number of nitrogens with zero attached hydrogens (tertiary/aromatic N) is 3. The van der Waals surface area contributed by atoms with Crippen LogP contribution in [0.3, 0.4) is 0 Å². The van der Waals surface area contributed by atoms with Crippen molar-refractivity contribution in [3.63, 3.8) is 0 Å². The van der Waals surface area contributed by atoms with Crippen molar-refractivity contribution < 1.29 is 19.3 Å². The van der Waals surface area contributed by atoms with Gasteiger partial charge in [0.15, 0.2) is 4.34 Å².